The van der Waals surface area contributed by atoms with Gasteiger partial charge in [0.05, 0.1) is 12.1 Å². The van der Waals surface area contributed by atoms with Gasteiger partial charge in [0.2, 0.25) is 5.88 Å². The molecule has 6 heteroatoms. The number of rotatable bonds is 5. The Labute approximate surface area is 123 Å². The van der Waals surface area contributed by atoms with E-state index >= 15 is 0 Å². The van der Waals surface area contributed by atoms with Crippen molar-refractivity contribution < 1.29 is 4.74 Å². The number of aromatic nitrogens is 2. The molecular weight excluding hydrogens is 272 g/mol. The molecule has 2 rings (SSSR count). The van der Waals surface area contributed by atoms with Crippen molar-refractivity contribution in [3.05, 3.63) is 28.2 Å². The first kappa shape index (κ1) is 14.6. The van der Waals surface area contributed by atoms with Crippen molar-refractivity contribution in [2.45, 2.75) is 39.8 Å². The van der Waals surface area contributed by atoms with E-state index in [1.165, 1.54) is 16.1 Å². The van der Waals surface area contributed by atoms with Gasteiger partial charge in [-0.3, -0.25) is 0 Å². The molecule has 1 atom stereocenters. The van der Waals surface area contributed by atoms with E-state index in [-0.39, 0.29) is 12.1 Å². The quantitative estimate of drug-likeness (QED) is 0.883. The minimum absolute atomic E-state index is 0.0254. The summed E-state index contributed by atoms with van der Waals surface area (Å²) in [4.78, 5) is 10.8. The normalized spacial score (nSPS) is 12.4. The SMILES string of the molecule is Cc1ccc(C(C)Nc2ncnc(OC(C)C)c2N)s1. The molecule has 0 aliphatic rings. The van der Waals surface area contributed by atoms with Crippen LogP contribution in [0.3, 0.4) is 0 Å². The molecule has 0 aliphatic heterocycles. The van der Waals surface area contributed by atoms with Gasteiger partial charge >= 0.3 is 0 Å². The summed E-state index contributed by atoms with van der Waals surface area (Å²) < 4.78 is 5.56. The molecule has 108 valence electrons. The number of ether oxygens (including phenoxy) is 1. The van der Waals surface area contributed by atoms with Gasteiger partial charge in [-0.05, 0) is 39.8 Å². The topological polar surface area (TPSA) is 73.1 Å². The molecule has 0 aliphatic carbocycles. The second kappa shape index (κ2) is 6.09. The molecule has 5 nitrogen and oxygen atoms in total. The zero-order chi connectivity index (χ0) is 14.7. The molecule has 2 aromatic rings. The average Bonchev–Trinajstić information content (AvgIpc) is 2.80. The van der Waals surface area contributed by atoms with E-state index < -0.39 is 0 Å². The number of nitrogens with one attached hydrogen (secondary N) is 1. The molecule has 0 fully saturated rings. The molecule has 0 aromatic carbocycles. The fourth-order valence-electron chi connectivity index (χ4n) is 1.77. The van der Waals surface area contributed by atoms with Crippen LogP contribution < -0.4 is 15.8 Å². The van der Waals surface area contributed by atoms with Gasteiger partial charge < -0.3 is 15.8 Å². The molecule has 20 heavy (non-hydrogen) atoms. The minimum atomic E-state index is 0.0254. The number of hydrogen-bond donors (Lipinski definition) is 2. The molecular formula is C14H20N4OS. The van der Waals surface area contributed by atoms with Gasteiger partial charge in [0, 0.05) is 9.75 Å². The number of nitrogens with zero attached hydrogens (tertiary/aromatic N) is 2. The molecule has 0 amide bonds. The molecule has 2 heterocycles. The van der Waals surface area contributed by atoms with Crippen molar-refractivity contribution in [1.82, 2.24) is 9.97 Å². The zero-order valence-electron chi connectivity index (χ0n) is 12.2. The first-order chi connectivity index (χ1) is 9.47. The van der Waals surface area contributed by atoms with Crippen LogP contribution in [0.5, 0.6) is 5.88 Å². The van der Waals surface area contributed by atoms with Crippen LogP contribution in [0.4, 0.5) is 11.5 Å². The fraction of sp³-hybridized carbons (Fsp3) is 0.429. The van der Waals surface area contributed by atoms with Crippen molar-refractivity contribution in [2.24, 2.45) is 0 Å². The number of thiophene rings is 1. The van der Waals surface area contributed by atoms with Crippen LogP contribution in [0.15, 0.2) is 18.5 Å². The minimum Gasteiger partial charge on any atom is -0.473 e. The van der Waals surface area contributed by atoms with Crippen LogP contribution in [0.25, 0.3) is 0 Å². The Morgan fingerprint density at radius 1 is 1.25 bits per heavy atom. The molecule has 0 saturated heterocycles. The predicted molar refractivity (Wildman–Crippen MR) is 83.3 cm³/mol. The Balaban J connectivity index is 2.17. The van der Waals surface area contributed by atoms with E-state index in [1.807, 2.05) is 13.8 Å². The lowest BCUT2D eigenvalue weighted by molar-refractivity contribution is 0.234. The van der Waals surface area contributed by atoms with Crippen molar-refractivity contribution in [3.63, 3.8) is 0 Å². The number of hydrogen-bond acceptors (Lipinski definition) is 6. The highest BCUT2D eigenvalue weighted by atomic mass is 32.1. The first-order valence-corrected chi connectivity index (χ1v) is 7.39. The summed E-state index contributed by atoms with van der Waals surface area (Å²) in [6.45, 7) is 8.04. The van der Waals surface area contributed by atoms with E-state index in [1.54, 1.807) is 11.3 Å². The van der Waals surface area contributed by atoms with Crippen LogP contribution in [-0.4, -0.2) is 16.1 Å². The summed E-state index contributed by atoms with van der Waals surface area (Å²) in [5, 5.41) is 3.31. The van der Waals surface area contributed by atoms with Crippen molar-refractivity contribution in [1.29, 1.82) is 0 Å². The average molecular weight is 292 g/mol. The molecule has 0 bridgehead atoms. The molecule has 0 radical (unpaired) electrons. The summed E-state index contributed by atoms with van der Waals surface area (Å²) in [5.74, 6) is 1.03. The van der Waals surface area contributed by atoms with Gasteiger partial charge in [0.15, 0.2) is 5.82 Å². The molecule has 0 saturated carbocycles. The summed E-state index contributed by atoms with van der Waals surface area (Å²) in [5.41, 5.74) is 6.50. The van der Waals surface area contributed by atoms with Gasteiger partial charge in [0.1, 0.15) is 12.0 Å². The maximum atomic E-state index is 6.05. The highest BCUT2D eigenvalue weighted by molar-refractivity contribution is 7.12. The van der Waals surface area contributed by atoms with Crippen LogP contribution in [-0.2, 0) is 0 Å². The second-order valence-corrected chi connectivity index (χ2v) is 6.24. The fourth-order valence-corrected chi connectivity index (χ4v) is 2.65. The largest absolute Gasteiger partial charge is 0.473 e. The van der Waals surface area contributed by atoms with Gasteiger partial charge in [-0.1, -0.05) is 0 Å². The van der Waals surface area contributed by atoms with Gasteiger partial charge in [-0.15, -0.1) is 11.3 Å². The molecule has 3 N–H and O–H groups in total. The van der Waals surface area contributed by atoms with Crippen molar-refractivity contribution in [3.8, 4) is 5.88 Å². The Hall–Kier alpha value is -1.82. The number of anilines is 2. The smallest absolute Gasteiger partial charge is 0.242 e. The zero-order valence-corrected chi connectivity index (χ0v) is 13.0. The predicted octanol–water partition coefficient (Wildman–Crippen LogP) is 3.39. The lowest BCUT2D eigenvalue weighted by Gasteiger charge is -2.16. The lowest BCUT2D eigenvalue weighted by atomic mass is 10.2. The Morgan fingerprint density at radius 3 is 2.60 bits per heavy atom. The Bertz CT molecular complexity index is 582. The molecule has 0 spiro atoms. The third-order valence-corrected chi connectivity index (χ3v) is 3.92. The van der Waals surface area contributed by atoms with E-state index in [2.05, 4.69) is 41.3 Å². The van der Waals surface area contributed by atoms with Crippen LogP contribution in [0.2, 0.25) is 0 Å². The maximum absolute atomic E-state index is 6.05. The highest BCUT2D eigenvalue weighted by Gasteiger charge is 2.14. The van der Waals surface area contributed by atoms with E-state index in [0.29, 0.717) is 17.4 Å². The van der Waals surface area contributed by atoms with Gasteiger partial charge in [-0.25, -0.2) is 4.98 Å². The molecule has 2 aromatic heterocycles. The van der Waals surface area contributed by atoms with Crippen LogP contribution in [0, 0.1) is 6.92 Å². The second-order valence-electron chi connectivity index (χ2n) is 4.92. The number of aryl methyl sites for hydroxylation is 1. The summed E-state index contributed by atoms with van der Waals surface area (Å²) in [6, 6.07) is 4.35. The monoisotopic (exact) mass is 292 g/mol. The number of nitrogen functional groups attached to an aromatic ring is 1. The third kappa shape index (κ3) is 3.39. The Morgan fingerprint density at radius 2 is 2.00 bits per heavy atom. The van der Waals surface area contributed by atoms with E-state index in [0.717, 1.165) is 0 Å². The molecule has 1 unspecified atom stereocenters. The standard InChI is InChI=1S/C14H20N4OS/c1-8(2)19-14-12(15)13(16-7-17-14)18-10(4)11-6-5-9(3)20-11/h5-8,10H,15H2,1-4H3,(H,16,17,18). The van der Waals surface area contributed by atoms with Crippen molar-refractivity contribution in [2.75, 3.05) is 11.1 Å². The van der Waals surface area contributed by atoms with Crippen LogP contribution in [0.1, 0.15) is 36.6 Å². The Kier molecular flexibility index (Phi) is 4.44. The van der Waals surface area contributed by atoms with Crippen molar-refractivity contribution >= 4 is 22.8 Å². The van der Waals surface area contributed by atoms with E-state index in [9.17, 15) is 0 Å². The first-order valence-electron chi connectivity index (χ1n) is 6.57. The maximum Gasteiger partial charge on any atom is 0.242 e. The lowest BCUT2D eigenvalue weighted by Crippen LogP contribution is -2.13. The van der Waals surface area contributed by atoms with E-state index in [4.69, 9.17) is 10.5 Å². The summed E-state index contributed by atoms with van der Waals surface area (Å²) in [6.07, 6.45) is 1.49. The van der Waals surface area contributed by atoms with Gasteiger partial charge in [-0.2, -0.15) is 4.98 Å². The highest BCUT2D eigenvalue weighted by Crippen LogP contribution is 2.30. The van der Waals surface area contributed by atoms with Gasteiger partial charge in [0.25, 0.3) is 0 Å². The summed E-state index contributed by atoms with van der Waals surface area (Å²) >= 11 is 1.76. The number of nitrogens with two attached hydrogens (primary N) is 1. The third-order valence-electron chi connectivity index (χ3n) is 2.74. The summed E-state index contributed by atoms with van der Waals surface area (Å²) in [7, 11) is 0. The van der Waals surface area contributed by atoms with Crippen LogP contribution >= 0.6 is 11.3 Å².